The van der Waals surface area contributed by atoms with E-state index in [4.69, 9.17) is 0 Å². The molecular weight excluding hydrogens is 332 g/mol. The average molecular weight is 357 g/mol. The van der Waals surface area contributed by atoms with Gasteiger partial charge < -0.3 is 5.32 Å². The first kappa shape index (κ1) is 15.3. The highest BCUT2D eigenvalue weighted by Crippen LogP contribution is 2.41. The molecule has 0 aromatic rings. The molecule has 1 heterocycles. The van der Waals surface area contributed by atoms with E-state index in [-0.39, 0.29) is 17.4 Å². The third-order valence-electron chi connectivity index (χ3n) is 5.64. The zero-order valence-corrected chi connectivity index (χ0v) is 14.2. The van der Waals surface area contributed by atoms with Crippen LogP contribution in [0.1, 0.15) is 64.2 Å². The van der Waals surface area contributed by atoms with E-state index in [1.54, 1.807) is 0 Å². The highest BCUT2D eigenvalue weighted by atomic mass is 79.9. The van der Waals surface area contributed by atoms with Gasteiger partial charge in [0.25, 0.3) is 5.91 Å². The molecule has 0 radical (unpaired) electrons. The van der Waals surface area contributed by atoms with Gasteiger partial charge in [0.15, 0.2) is 0 Å². The Morgan fingerprint density at radius 1 is 0.952 bits per heavy atom. The molecule has 1 aliphatic heterocycles. The van der Waals surface area contributed by atoms with Crippen molar-refractivity contribution in [3.63, 3.8) is 0 Å². The summed E-state index contributed by atoms with van der Waals surface area (Å²) in [6, 6.07) is -0.159. The fourth-order valence-corrected chi connectivity index (χ4v) is 5.02. The van der Waals surface area contributed by atoms with Gasteiger partial charge >= 0.3 is 6.03 Å². The van der Waals surface area contributed by atoms with Crippen LogP contribution in [-0.4, -0.2) is 34.3 Å². The van der Waals surface area contributed by atoms with Crippen LogP contribution < -0.4 is 5.32 Å². The number of halogens is 1. The second-order valence-electron chi connectivity index (χ2n) is 7.16. The molecule has 1 spiro atoms. The van der Waals surface area contributed by atoms with Crippen molar-refractivity contribution < 1.29 is 9.59 Å². The lowest BCUT2D eigenvalue weighted by Gasteiger charge is -2.38. The van der Waals surface area contributed by atoms with Crippen LogP contribution >= 0.6 is 15.9 Å². The minimum Gasteiger partial charge on any atom is -0.323 e. The van der Waals surface area contributed by atoms with Crippen LogP contribution in [0.25, 0.3) is 0 Å². The van der Waals surface area contributed by atoms with Crippen LogP contribution in [0.2, 0.25) is 0 Å². The number of nitrogens with one attached hydrogen (secondary N) is 1. The molecule has 3 rings (SSSR count). The summed E-state index contributed by atoms with van der Waals surface area (Å²) in [7, 11) is 0. The van der Waals surface area contributed by atoms with Gasteiger partial charge in [0, 0.05) is 11.9 Å². The maximum absolute atomic E-state index is 12.9. The Morgan fingerprint density at radius 3 is 2.10 bits per heavy atom. The molecule has 0 aromatic heterocycles. The summed E-state index contributed by atoms with van der Waals surface area (Å²) in [6.07, 6.45) is 10.8. The highest BCUT2D eigenvalue weighted by Gasteiger charge is 2.52. The minimum atomic E-state index is -0.572. The second-order valence-corrected chi connectivity index (χ2v) is 7.72. The number of carbonyl (C=O) groups is 2. The summed E-state index contributed by atoms with van der Waals surface area (Å²) >= 11 is 3.63. The smallest absolute Gasteiger partial charge is 0.323 e. The van der Waals surface area contributed by atoms with Crippen molar-refractivity contribution in [1.29, 1.82) is 0 Å². The molecule has 0 atom stereocenters. The highest BCUT2D eigenvalue weighted by molar-refractivity contribution is 9.09. The maximum atomic E-state index is 12.9. The van der Waals surface area contributed by atoms with Crippen LogP contribution in [0.5, 0.6) is 0 Å². The number of imide groups is 1. The Labute approximate surface area is 135 Å². The lowest BCUT2D eigenvalue weighted by molar-refractivity contribution is -0.133. The molecule has 1 N–H and O–H groups in total. The molecule has 0 unspecified atom stereocenters. The zero-order chi connectivity index (χ0) is 14.9. The quantitative estimate of drug-likeness (QED) is 0.620. The molecular formula is C16H25BrN2O2. The molecule has 118 valence electrons. The predicted molar refractivity (Wildman–Crippen MR) is 85.4 cm³/mol. The maximum Gasteiger partial charge on any atom is 0.325 e. The summed E-state index contributed by atoms with van der Waals surface area (Å²) in [5, 5.41) is 3.90. The van der Waals surface area contributed by atoms with E-state index >= 15 is 0 Å². The van der Waals surface area contributed by atoms with Crippen molar-refractivity contribution in [3.8, 4) is 0 Å². The minimum absolute atomic E-state index is 0.0399. The number of rotatable bonds is 3. The second kappa shape index (κ2) is 5.90. The van der Waals surface area contributed by atoms with Gasteiger partial charge in [-0.25, -0.2) is 4.79 Å². The number of hydrogen-bond donors (Lipinski definition) is 1. The van der Waals surface area contributed by atoms with Gasteiger partial charge in [0.1, 0.15) is 5.54 Å². The van der Waals surface area contributed by atoms with E-state index in [0.29, 0.717) is 6.54 Å². The predicted octanol–water partition coefficient (Wildman–Crippen LogP) is 3.59. The third kappa shape index (κ3) is 2.73. The standard InChI is InChI=1S/C16H25BrN2O2/c17-11-15(7-3-1-4-8-15)12-19-13(20)16(18-14(19)21)9-5-2-6-10-16/h1-12H2,(H,18,21). The van der Waals surface area contributed by atoms with Crippen molar-refractivity contribution >= 4 is 27.9 Å². The first-order valence-electron chi connectivity index (χ1n) is 8.31. The first-order valence-corrected chi connectivity index (χ1v) is 9.43. The van der Waals surface area contributed by atoms with Crippen LogP contribution in [0.4, 0.5) is 4.79 Å². The monoisotopic (exact) mass is 356 g/mol. The molecule has 5 heteroatoms. The van der Waals surface area contributed by atoms with Crippen molar-refractivity contribution in [2.24, 2.45) is 5.41 Å². The molecule has 4 nitrogen and oxygen atoms in total. The fraction of sp³-hybridized carbons (Fsp3) is 0.875. The van der Waals surface area contributed by atoms with Gasteiger partial charge in [-0.15, -0.1) is 0 Å². The molecule has 21 heavy (non-hydrogen) atoms. The number of hydrogen-bond acceptors (Lipinski definition) is 2. The number of carbonyl (C=O) groups excluding carboxylic acids is 2. The first-order chi connectivity index (χ1) is 10.1. The van der Waals surface area contributed by atoms with Crippen LogP contribution in [0, 0.1) is 5.41 Å². The third-order valence-corrected chi connectivity index (χ3v) is 6.83. The summed E-state index contributed by atoms with van der Waals surface area (Å²) in [5.41, 5.74) is -0.483. The SMILES string of the molecule is O=C1NC2(CCCCC2)C(=O)N1CC1(CBr)CCCCC1. The zero-order valence-electron chi connectivity index (χ0n) is 12.6. The van der Waals surface area contributed by atoms with E-state index in [1.165, 1.54) is 30.6 Å². The lowest BCUT2D eigenvalue weighted by atomic mass is 9.75. The molecule has 0 bridgehead atoms. The van der Waals surface area contributed by atoms with Crippen LogP contribution in [0.3, 0.4) is 0 Å². The van der Waals surface area contributed by atoms with E-state index in [2.05, 4.69) is 21.2 Å². The molecule has 3 fully saturated rings. The topological polar surface area (TPSA) is 49.4 Å². The molecule has 2 saturated carbocycles. The molecule has 1 saturated heterocycles. The van der Waals surface area contributed by atoms with Crippen molar-refractivity contribution in [2.75, 3.05) is 11.9 Å². The Bertz CT molecular complexity index is 426. The Balaban J connectivity index is 1.75. The Kier molecular flexibility index (Phi) is 4.30. The van der Waals surface area contributed by atoms with Gasteiger partial charge in [-0.3, -0.25) is 9.69 Å². The number of amides is 3. The Morgan fingerprint density at radius 2 is 1.52 bits per heavy atom. The summed E-state index contributed by atoms with van der Waals surface area (Å²) < 4.78 is 0. The normalized spacial score (nSPS) is 28.0. The van der Waals surface area contributed by atoms with Crippen molar-refractivity contribution in [3.05, 3.63) is 0 Å². The van der Waals surface area contributed by atoms with Crippen LogP contribution in [-0.2, 0) is 4.79 Å². The van der Waals surface area contributed by atoms with E-state index in [0.717, 1.165) is 43.9 Å². The molecule has 3 amide bonds. The average Bonchev–Trinajstić information content (AvgIpc) is 2.73. The fourth-order valence-electron chi connectivity index (χ4n) is 4.29. The number of alkyl halides is 1. The van der Waals surface area contributed by atoms with Gasteiger partial charge in [0.05, 0.1) is 0 Å². The molecule has 2 aliphatic carbocycles. The van der Waals surface area contributed by atoms with Crippen molar-refractivity contribution in [1.82, 2.24) is 10.2 Å². The van der Waals surface area contributed by atoms with E-state index in [9.17, 15) is 9.59 Å². The van der Waals surface area contributed by atoms with Gasteiger partial charge in [-0.2, -0.15) is 0 Å². The van der Waals surface area contributed by atoms with Crippen molar-refractivity contribution in [2.45, 2.75) is 69.7 Å². The Hall–Kier alpha value is -0.580. The molecule has 0 aromatic carbocycles. The van der Waals surface area contributed by atoms with E-state index in [1.807, 2.05) is 0 Å². The number of nitrogens with zero attached hydrogens (tertiary/aromatic N) is 1. The lowest BCUT2D eigenvalue weighted by Crippen LogP contribution is -2.49. The molecule has 3 aliphatic rings. The summed E-state index contributed by atoms with van der Waals surface area (Å²) in [6.45, 7) is 0.588. The van der Waals surface area contributed by atoms with Gasteiger partial charge in [-0.1, -0.05) is 54.5 Å². The number of urea groups is 1. The summed E-state index contributed by atoms with van der Waals surface area (Å²) in [4.78, 5) is 26.7. The van der Waals surface area contributed by atoms with Gasteiger partial charge in [-0.05, 0) is 31.1 Å². The summed E-state index contributed by atoms with van der Waals surface area (Å²) in [5.74, 6) is 0.0399. The van der Waals surface area contributed by atoms with E-state index < -0.39 is 5.54 Å². The largest absolute Gasteiger partial charge is 0.325 e. The van der Waals surface area contributed by atoms with Gasteiger partial charge in [0.2, 0.25) is 0 Å². The van der Waals surface area contributed by atoms with Crippen LogP contribution in [0.15, 0.2) is 0 Å².